The van der Waals surface area contributed by atoms with E-state index >= 15 is 0 Å². The lowest BCUT2D eigenvalue weighted by Crippen LogP contribution is -2.40. The molecule has 110 valence electrons. The number of carbonyl (C=O) groups is 1. The van der Waals surface area contributed by atoms with Gasteiger partial charge in [0, 0.05) is 25.0 Å². The van der Waals surface area contributed by atoms with Gasteiger partial charge in [0.25, 0.3) is 0 Å². The molecular formula is C16H23ClN2O. The highest BCUT2D eigenvalue weighted by Gasteiger charge is 2.36. The maximum atomic E-state index is 12.5. The molecule has 3 unspecified atom stereocenters. The Morgan fingerprint density at radius 1 is 1.15 bits per heavy atom. The second-order valence-electron chi connectivity index (χ2n) is 5.88. The molecule has 1 aromatic carbocycles. The number of nitrogens with two attached hydrogens (primary N) is 1. The van der Waals surface area contributed by atoms with Gasteiger partial charge in [-0.1, -0.05) is 36.8 Å². The van der Waals surface area contributed by atoms with Crippen LogP contribution in [-0.2, 0) is 4.79 Å². The van der Waals surface area contributed by atoms with Crippen molar-refractivity contribution in [3.8, 4) is 0 Å². The monoisotopic (exact) mass is 294 g/mol. The second kappa shape index (κ2) is 6.59. The van der Waals surface area contributed by atoms with E-state index in [1.165, 1.54) is 5.56 Å². The van der Waals surface area contributed by atoms with Gasteiger partial charge in [0.1, 0.15) is 0 Å². The Labute approximate surface area is 126 Å². The minimum atomic E-state index is 0. The molecule has 1 aliphatic heterocycles. The molecule has 3 rings (SSSR count). The van der Waals surface area contributed by atoms with Gasteiger partial charge in [0.15, 0.2) is 0 Å². The maximum Gasteiger partial charge on any atom is 0.227 e. The van der Waals surface area contributed by atoms with E-state index in [9.17, 15) is 4.79 Å². The summed E-state index contributed by atoms with van der Waals surface area (Å²) < 4.78 is 0. The minimum Gasteiger partial charge on any atom is -0.342 e. The van der Waals surface area contributed by atoms with Crippen LogP contribution in [0.4, 0.5) is 0 Å². The molecule has 0 aromatic heterocycles. The summed E-state index contributed by atoms with van der Waals surface area (Å²) in [5.41, 5.74) is 7.40. The lowest BCUT2D eigenvalue weighted by Gasteiger charge is -2.23. The zero-order chi connectivity index (χ0) is 13.2. The first-order valence-corrected chi connectivity index (χ1v) is 7.35. The molecule has 2 fully saturated rings. The quantitative estimate of drug-likeness (QED) is 0.911. The van der Waals surface area contributed by atoms with Gasteiger partial charge in [-0.05, 0) is 24.8 Å². The lowest BCUT2D eigenvalue weighted by molar-refractivity contribution is -0.134. The van der Waals surface area contributed by atoms with Crippen LogP contribution < -0.4 is 5.73 Å². The number of halogens is 1. The van der Waals surface area contributed by atoms with E-state index in [1.54, 1.807) is 0 Å². The Morgan fingerprint density at radius 3 is 2.55 bits per heavy atom. The Balaban J connectivity index is 0.00000147. The molecule has 2 N–H and O–H groups in total. The molecule has 2 aliphatic rings. The maximum absolute atomic E-state index is 12.5. The zero-order valence-corrected chi connectivity index (χ0v) is 12.5. The number of nitrogens with zero attached hydrogens (tertiary/aromatic N) is 1. The van der Waals surface area contributed by atoms with Gasteiger partial charge in [-0.2, -0.15) is 0 Å². The van der Waals surface area contributed by atoms with Gasteiger partial charge in [-0.25, -0.2) is 0 Å². The van der Waals surface area contributed by atoms with E-state index in [2.05, 4.69) is 24.3 Å². The topological polar surface area (TPSA) is 46.3 Å². The van der Waals surface area contributed by atoms with Crippen LogP contribution in [0.25, 0.3) is 0 Å². The van der Waals surface area contributed by atoms with Crippen LogP contribution in [0.2, 0.25) is 0 Å². The van der Waals surface area contributed by atoms with Gasteiger partial charge >= 0.3 is 0 Å². The summed E-state index contributed by atoms with van der Waals surface area (Å²) in [5, 5.41) is 0. The predicted octanol–water partition coefficient (Wildman–Crippen LogP) is 2.55. The number of rotatable bonds is 2. The third kappa shape index (κ3) is 2.99. The lowest BCUT2D eigenvalue weighted by atomic mass is 9.98. The van der Waals surface area contributed by atoms with Crippen LogP contribution in [-0.4, -0.2) is 29.9 Å². The van der Waals surface area contributed by atoms with Crippen molar-refractivity contribution in [3.05, 3.63) is 35.9 Å². The molecule has 1 saturated carbocycles. The Kier molecular flexibility index (Phi) is 5.06. The van der Waals surface area contributed by atoms with E-state index in [-0.39, 0.29) is 24.4 Å². The summed E-state index contributed by atoms with van der Waals surface area (Å²) in [7, 11) is 0. The smallest absolute Gasteiger partial charge is 0.227 e. The molecule has 1 saturated heterocycles. The standard InChI is InChI=1S/C16H22N2O.ClH/c17-15-8-4-7-14(15)16(19)18-10-9-13(11-18)12-5-2-1-3-6-12;/h1-3,5-6,13-15H,4,7-11,17H2;1H. The highest BCUT2D eigenvalue weighted by Crippen LogP contribution is 2.31. The summed E-state index contributed by atoms with van der Waals surface area (Å²) >= 11 is 0. The van der Waals surface area contributed by atoms with Crippen molar-refractivity contribution in [1.29, 1.82) is 0 Å². The normalized spacial score (nSPS) is 29.2. The van der Waals surface area contributed by atoms with Crippen molar-refractivity contribution in [3.63, 3.8) is 0 Å². The molecule has 0 bridgehead atoms. The molecule has 0 radical (unpaired) electrons. The second-order valence-corrected chi connectivity index (χ2v) is 5.88. The number of hydrogen-bond donors (Lipinski definition) is 1. The molecule has 3 nitrogen and oxygen atoms in total. The number of amides is 1. The third-order valence-electron chi connectivity index (χ3n) is 4.66. The van der Waals surface area contributed by atoms with Gasteiger partial charge in [-0.15, -0.1) is 12.4 Å². The molecule has 0 spiro atoms. The largest absolute Gasteiger partial charge is 0.342 e. The number of carbonyl (C=O) groups excluding carboxylic acids is 1. The summed E-state index contributed by atoms with van der Waals surface area (Å²) in [6.45, 7) is 1.76. The summed E-state index contributed by atoms with van der Waals surface area (Å²) in [5.74, 6) is 0.876. The third-order valence-corrected chi connectivity index (χ3v) is 4.66. The van der Waals surface area contributed by atoms with Crippen molar-refractivity contribution in [2.45, 2.75) is 37.6 Å². The molecule has 4 heteroatoms. The fourth-order valence-electron chi connectivity index (χ4n) is 3.49. The van der Waals surface area contributed by atoms with Crippen molar-refractivity contribution < 1.29 is 4.79 Å². The van der Waals surface area contributed by atoms with E-state index in [4.69, 9.17) is 5.73 Å². The first-order valence-electron chi connectivity index (χ1n) is 7.35. The van der Waals surface area contributed by atoms with Crippen molar-refractivity contribution in [1.82, 2.24) is 4.90 Å². The number of likely N-dealkylation sites (tertiary alicyclic amines) is 1. The van der Waals surface area contributed by atoms with Crippen molar-refractivity contribution in [2.75, 3.05) is 13.1 Å². The Morgan fingerprint density at radius 2 is 1.90 bits per heavy atom. The van der Waals surface area contributed by atoms with Crippen LogP contribution in [0, 0.1) is 5.92 Å². The number of benzene rings is 1. The van der Waals surface area contributed by atoms with Gasteiger partial charge in [0.2, 0.25) is 5.91 Å². The van der Waals surface area contributed by atoms with Crippen LogP contribution in [0.5, 0.6) is 0 Å². The fourth-order valence-corrected chi connectivity index (χ4v) is 3.49. The van der Waals surface area contributed by atoms with Crippen LogP contribution in [0.1, 0.15) is 37.2 Å². The van der Waals surface area contributed by atoms with Gasteiger partial charge < -0.3 is 10.6 Å². The van der Waals surface area contributed by atoms with E-state index in [0.29, 0.717) is 11.8 Å². The average Bonchev–Trinajstić information content (AvgIpc) is 3.08. The van der Waals surface area contributed by atoms with Gasteiger partial charge in [0.05, 0.1) is 5.92 Å². The predicted molar refractivity (Wildman–Crippen MR) is 82.9 cm³/mol. The van der Waals surface area contributed by atoms with E-state index in [0.717, 1.165) is 38.8 Å². The van der Waals surface area contributed by atoms with Gasteiger partial charge in [-0.3, -0.25) is 4.79 Å². The Bertz CT molecular complexity index is 451. The SMILES string of the molecule is Cl.NC1CCCC1C(=O)N1CCC(c2ccccc2)C1. The van der Waals surface area contributed by atoms with Crippen molar-refractivity contribution >= 4 is 18.3 Å². The van der Waals surface area contributed by atoms with Crippen LogP contribution in [0.15, 0.2) is 30.3 Å². The molecule has 1 aliphatic carbocycles. The average molecular weight is 295 g/mol. The van der Waals surface area contributed by atoms with Crippen LogP contribution >= 0.6 is 12.4 Å². The molecular weight excluding hydrogens is 272 g/mol. The first-order chi connectivity index (χ1) is 9.25. The van der Waals surface area contributed by atoms with E-state index in [1.807, 2.05) is 11.0 Å². The first kappa shape index (κ1) is 15.3. The fraction of sp³-hybridized carbons (Fsp3) is 0.562. The molecule has 1 aromatic rings. The molecule has 20 heavy (non-hydrogen) atoms. The molecule has 1 heterocycles. The highest BCUT2D eigenvalue weighted by molar-refractivity contribution is 5.85. The highest BCUT2D eigenvalue weighted by atomic mass is 35.5. The zero-order valence-electron chi connectivity index (χ0n) is 11.7. The molecule has 3 atom stereocenters. The van der Waals surface area contributed by atoms with Crippen LogP contribution in [0.3, 0.4) is 0 Å². The minimum absolute atomic E-state index is 0. The Hall–Kier alpha value is -1.06. The summed E-state index contributed by atoms with van der Waals surface area (Å²) in [4.78, 5) is 14.5. The summed E-state index contributed by atoms with van der Waals surface area (Å²) in [6, 6.07) is 10.6. The van der Waals surface area contributed by atoms with Crippen molar-refractivity contribution in [2.24, 2.45) is 11.7 Å². The number of hydrogen-bond acceptors (Lipinski definition) is 2. The summed E-state index contributed by atoms with van der Waals surface area (Å²) in [6.07, 6.45) is 4.17. The molecule has 1 amide bonds. The van der Waals surface area contributed by atoms with E-state index < -0.39 is 0 Å².